The minimum Gasteiger partial charge on any atom is -0.542 e. The van der Waals surface area contributed by atoms with Crippen molar-refractivity contribution in [2.45, 2.75) is 19.3 Å². The summed E-state index contributed by atoms with van der Waals surface area (Å²) in [5, 5.41) is 20.5. The molecule has 1 amide bonds. The molecule has 0 atom stereocenters. The maximum Gasteiger partial charge on any atom is 0.430 e. The Morgan fingerprint density at radius 3 is 2.19 bits per heavy atom. The highest BCUT2D eigenvalue weighted by Gasteiger charge is 2.28. The van der Waals surface area contributed by atoms with Crippen LogP contribution in [0.4, 0.5) is 18.9 Å². The van der Waals surface area contributed by atoms with E-state index in [1.807, 2.05) is 65.2 Å². The number of hydrogen-bond donors (Lipinski definition) is 3. The number of aliphatic carboxylic acids is 1. The number of carboxylic acids is 1. The molecule has 0 bridgehead atoms. The Balaban J connectivity index is 0.000000616. The van der Waals surface area contributed by atoms with E-state index in [0.717, 1.165) is 32.3 Å². The largest absolute Gasteiger partial charge is 0.542 e. The number of fused-ring (bicyclic) bond motifs is 1. The number of carbonyl (C=O) groups is 2. The van der Waals surface area contributed by atoms with Crippen LogP contribution in [0.2, 0.25) is 0 Å². The minimum absolute atomic E-state index is 0.0168. The molecule has 4 N–H and O–H groups in total. The standard InChI is InChI=1S/C28H31N5O2.C2HF3O2/c1-33(2,3)23-10-8-19(9-11-23)17-31-28(34)26-16-22-15-24(35-4)12-13-25(22)32(26)18-20-6-5-7-21(14-20)27(29)30;3-2(4,5)1(6)7/h5-16H,17-18H2,1-4H3,(H3-,29,30,31,34);(H,6,7). The number of quaternary nitrogens is 1. The fourth-order valence-electron chi connectivity index (χ4n) is 4.09. The third kappa shape index (κ3) is 8.10. The molecule has 0 saturated carbocycles. The molecule has 12 heteroatoms. The highest BCUT2D eigenvalue weighted by molar-refractivity contribution is 5.99. The molecule has 1 aromatic heterocycles. The summed E-state index contributed by atoms with van der Waals surface area (Å²) in [5.41, 5.74) is 11.0. The van der Waals surface area contributed by atoms with Gasteiger partial charge in [-0.25, -0.2) is 0 Å². The molecule has 0 saturated heterocycles. The number of aromatic nitrogens is 1. The monoisotopic (exact) mass is 583 g/mol. The van der Waals surface area contributed by atoms with E-state index >= 15 is 0 Å². The van der Waals surface area contributed by atoms with E-state index < -0.39 is 12.1 Å². The van der Waals surface area contributed by atoms with Gasteiger partial charge in [0, 0.05) is 29.6 Å². The minimum atomic E-state index is -5.19. The summed E-state index contributed by atoms with van der Waals surface area (Å²) in [6.45, 7) is 0.902. The van der Waals surface area contributed by atoms with Gasteiger partial charge in [0.1, 0.15) is 28.9 Å². The number of ether oxygens (including phenoxy) is 1. The van der Waals surface area contributed by atoms with Gasteiger partial charge in [0.25, 0.3) is 5.91 Å². The Labute approximate surface area is 241 Å². The average Bonchev–Trinajstić information content (AvgIpc) is 3.28. The van der Waals surface area contributed by atoms with E-state index in [-0.39, 0.29) is 11.7 Å². The number of amidine groups is 1. The number of nitrogens with one attached hydrogen (secondary N) is 2. The number of hydrogen-bond acceptors (Lipinski definition) is 5. The first-order valence-corrected chi connectivity index (χ1v) is 12.7. The van der Waals surface area contributed by atoms with Crippen LogP contribution in [0.3, 0.4) is 0 Å². The number of methoxy groups -OCH3 is 1. The Hall–Kier alpha value is -4.84. The lowest BCUT2D eigenvalue weighted by Gasteiger charge is -2.23. The fraction of sp³-hybridized carbons (Fsp3) is 0.233. The number of halogens is 3. The summed E-state index contributed by atoms with van der Waals surface area (Å²) in [6, 6.07) is 23.5. The summed E-state index contributed by atoms with van der Waals surface area (Å²) in [4.78, 5) is 22.1. The molecule has 3 aromatic carbocycles. The van der Waals surface area contributed by atoms with Gasteiger partial charge < -0.3 is 30.3 Å². The van der Waals surface area contributed by atoms with Crippen LogP contribution in [-0.4, -0.2) is 56.7 Å². The zero-order valence-corrected chi connectivity index (χ0v) is 23.6. The van der Waals surface area contributed by atoms with Crippen LogP contribution in [0.15, 0.2) is 72.8 Å². The van der Waals surface area contributed by atoms with Crippen molar-refractivity contribution in [3.8, 4) is 5.75 Å². The van der Waals surface area contributed by atoms with Gasteiger partial charge in [0.05, 0.1) is 28.3 Å². The average molecular weight is 584 g/mol. The predicted molar refractivity (Wildman–Crippen MR) is 153 cm³/mol. The quantitative estimate of drug-likeness (QED) is 0.166. The van der Waals surface area contributed by atoms with Gasteiger partial charge >= 0.3 is 6.18 Å². The van der Waals surface area contributed by atoms with Crippen molar-refractivity contribution in [2.24, 2.45) is 5.73 Å². The lowest BCUT2D eigenvalue weighted by Crippen LogP contribution is -2.37. The maximum atomic E-state index is 13.3. The molecule has 0 aliphatic rings. The molecule has 0 unspecified atom stereocenters. The number of carbonyl (C=O) groups excluding carboxylic acids is 2. The molecule has 0 aliphatic carbocycles. The molecule has 4 rings (SSSR count). The van der Waals surface area contributed by atoms with Crippen molar-refractivity contribution in [1.29, 1.82) is 5.41 Å². The van der Waals surface area contributed by atoms with Crippen LogP contribution < -0.4 is 25.4 Å². The highest BCUT2D eigenvalue weighted by atomic mass is 19.4. The first kappa shape index (κ1) is 31.7. The zero-order chi connectivity index (χ0) is 31.2. The molecule has 0 spiro atoms. The van der Waals surface area contributed by atoms with E-state index in [0.29, 0.717) is 24.3 Å². The number of alkyl halides is 3. The van der Waals surface area contributed by atoms with Gasteiger partial charge in [-0.2, -0.15) is 13.2 Å². The molecular formula is C30H32F3N5O4. The maximum absolute atomic E-state index is 13.3. The zero-order valence-electron chi connectivity index (χ0n) is 23.6. The van der Waals surface area contributed by atoms with Crippen molar-refractivity contribution in [3.05, 3.63) is 95.2 Å². The van der Waals surface area contributed by atoms with Crippen molar-refractivity contribution in [3.63, 3.8) is 0 Å². The summed E-state index contributed by atoms with van der Waals surface area (Å²) in [5.74, 6) is -2.41. The predicted octanol–water partition coefficient (Wildman–Crippen LogP) is 3.41. The van der Waals surface area contributed by atoms with Crippen molar-refractivity contribution < 1.29 is 32.6 Å². The molecule has 1 heterocycles. The second-order valence-electron chi connectivity index (χ2n) is 10.3. The summed E-state index contributed by atoms with van der Waals surface area (Å²) in [7, 11) is 7.99. The van der Waals surface area contributed by atoms with Crippen LogP contribution in [-0.2, 0) is 17.9 Å². The van der Waals surface area contributed by atoms with Crippen LogP contribution >= 0.6 is 0 Å². The Morgan fingerprint density at radius 2 is 1.64 bits per heavy atom. The SMILES string of the molecule is COc1ccc2c(c1)cc(C(=O)NCc1ccc([N+](C)(C)C)cc1)n2Cc1cccc(C(=N)N)c1.O=C([O-])C(F)(F)F. The number of rotatable bonds is 8. The number of benzene rings is 3. The number of carboxylic acid groups (broad SMARTS) is 1. The Kier molecular flexibility index (Phi) is 9.64. The number of nitrogen functional groups attached to an aromatic ring is 1. The van der Waals surface area contributed by atoms with Gasteiger partial charge in [-0.15, -0.1) is 0 Å². The van der Waals surface area contributed by atoms with Crippen molar-refractivity contribution in [1.82, 2.24) is 14.4 Å². The van der Waals surface area contributed by atoms with Crippen LogP contribution in [0.1, 0.15) is 27.2 Å². The van der Waals surface area contributed by atoms with E-state index in [9.17, 15) is 18.0 Å². The van der Waals surface area contributed by atoms with Gasteiger partial charge in [0.2, 0.25) is 0 Å². The van der Waals surface area contributed by atoms with Gasteiger partial charge in [-0.3, -0.25) is 14.7 Å². The van der Waals surface area contributed by atoms with Gasteiger partial charge in [-0.05, 0) is 53.6 Å². The highest BCUT2D eigenvalue weighted by Crippen LogP contribution is 2.26. The van der Waals surface area contributed by atoms with Crippen molar-refractivity contribution in [2.75, 3.05) is 28.3 Å². The molecule has 4 aromatic rings. The normalized spacial score (nSPS) is 11.4. The number of nitrogens with zero attached hydrogens (tertiary/aromatic N) is 2. The molecule has 0 fully saturated rings. The molecule has 42 heavy (non-hydrogen) atoms. The molecule has 222 valence electrons. The van der Waals surface area contributed by atoms with E-state index in [4.69, 9.17) is 25.8 Å². The number of amides is 1. The smallest absolute Gasteiger partial charge is 0.430 e. The van der Waals surface area contributed by atoms with E-state index in [1.54, 1.807) is 7.11 Å². The first-order chi connectivity index (χ1) is 19.6. The summed E-state index contributed by atoms with van der Waals surface area (Å²) >= 11 is 0. The molecule has 0 radical (unpaired) electrons. The molecular weight excluding hydrogens is 551 g/mol. The van der Waals surface area contributed by atoms with Gasteiger partial charge in [-0.1, -0.05) is 30.3 Å². The fourth-order valence-corrected chi connectivity index (χ4v) is 4.09. The number of nitrogens with two attached hydrogens (primary N) is 1. The van der Waals surface area contributed by atoms with Crippen molar-refractivity contribution >= 4 is 34.3 Å². The molecule has 9 nitrogen and oxygen atoms in total. The topological polar surface area (TPSA) is 133 Å². The lowest BCUT2D eigenvalue weighted by molar-refractivity contribution is -0.344. The third-order valence-corrected chi connectivity index (χ3v) is 6.32. The van der Waals surface area contributed by atoms with E-state index in [2.05, 4.69) is 38.6 Å². The first-order valence-electron chi connectivity index (χ1n) is 12.7. The van der Waals surface area contributed by atoms with E-state index in [1.165, 1.54) is 5.69 Å². The third-order valence-electron chi connectivity index (χ3n) is 6.32. The van der Waals surface area contributed by atoms with Crippen LogP contribution in [0.5, 0.6) is 5.75 Å². The second kappa shape index (κ2) is 12.8. The Bertz CT molecular complexity index is 1590. The Morgan fingerprint density at radius 1 is 1.00 bits per heavy atom. The molecule has 0 aliphatic heterocycles. The lowest BCUT2D eigenvalue weighted by atomic mass is 10.1. The summed E-state index contributed by atoms with van der Waals surface area (Å²) in [6.07, 6.45) is -5.19. The second-order valence-corrected chi connectivity index (χ2v) is 10.3. The van der Waals surface area contributed by atoms with Crippen LogP contribution in [0.25, 0.3) is 10.9 Å². The van der Waals surface area contributed by atoms with Gasteiger partial charge in [0.15, 0.2) is 0 Å². The summed E-state index contributed by atoms with van der Waals surface area (Å²) < 4.78 is 39.7. The van der Waals surface area contributed by atoms with Crippen LogP contribution in [0, 0.1) is 5.41 Å².